The van der Waals surface area contributed by atoms with Crippen molar-refractivity contribution in [3.8, 4) is 5.75 Å². The van der Waals surface area contributed by atoms with Gasteiger partial charge in [0.25, 0.3) is 0 Å². The molecule has 0 aliphatic carbocycles. The van der Waals surface area contributed by atoms with E-state index in [1.165, 1.54) is 0 Å². The van der Waals surface area contributed by atoms with Crippen LogP contribution in [0.4, 0.5) is 0 Å². The van der Waals surface area contributed by atoms with Crippen molar-refractivity contribution in [2.45, 2.75) is 19.5 Å². The second kappa shape index (κ2) is 7.43. The molecule has 1 heterocycles. The molecule has 0 saturated carbocycles. The molecule has 1 atom stereocenters. The summed E-state index contributed by atoms with van der Waals surface area (Å²) < 4.78 is 5.34. The Bertz CT molecular complexity index is 478. The topological polar surface area (TPSA) is 44.8 Å². The first kappa shape index (κ1) is 15.8. The molecular weight excluding hydrogens is 266 g/mol. The van der Waals surface area contributed by atoms with Crippen LogP contribution in [0.3, 0.4) is 0 Å². The molecule has 116 valence electrons. The quantitative estimate of drug-likeness (QED) is 0.877. The normalized spacial score (nSPS) is 19.3. The van der Waals surface area contributed by atoms with Gasteiger partial charge in [-0.05, 0) is 13.0 Å². The van der Waals surface area contributed by atoms with Crippen LogP contribution in [0.25, 0.3) is 0 Å². The molecule has 0 unspecified atom stereocenters. The number of amides is 1. The zero-order valence-electron chi connectivity index (χ0n) is 13.1. The van der Waals surface area contributed by atoms with Gasteiger partial charge in [-0.1, -0.05) is 18.2 Å². The van der Waals surface area contributed by atoms with Gasteiger partial charge in [-0.2, -0.15) is 0 Å². The Morgan fingerprint density at radius 2 is 2.24 bits per heavy atom. The maximum Gasteiger partial charge on any atom is 0.236 e. The highest BCUT2D eigenvalue weighted by Gasteiger charge is 2.22. The molecule has 1 aliphatic rings. The van der Waals surface area contributed by atoms with E-state index in [9.17, 15) is 4.79 Å². The minimum Gasteiger partial charge on any atom is -0.496 e. The van der Waals surface area contributed by atoms with Crippen LogP contribution in [0.15, 0.2) is 24.3 Å². The van der Waals surface area contributed by atoms with Crippen molar-refractivity contribution in [1.82, 2.24) is 15.1 Å². The third-order valence-corrected chi connectivity index (χ3v) is 4.00. The third kappa shape index (κ3) is 4.19. The van der Waals surface area contributed by atoms with Gasteiger partial charge in [0, 0.05) is 44.8 Å². The maximum absolute atomic E-state index is 12.4. The lowest BCUT2D eigenvalue weighted by Gasteiger charge is -2.34. The van der Waals surface area contributed by atoms with E-state index in [1.807, 2.05) is 31.3 Å². The minimum absolute atomic E-state index is 0.148. The summed E-state index contributed by atoms with van der Waals surface area (Å²) in [5.41, 5.74) is 1.03. The summed E-state index contributed by atoms with van der Waals surface area (Å²) in [5.74, 6) is 0.974. The first-order chi connectivity index (χ1) is 10.1. The second-order valence-electron chi connectivity index (χ2n) is 5.59. The lowest BCUT2D eigenvalue weighted by Crippen LogP contribution is -2.52. The highest BCUT2D eigenvalue weighted by Crippen LogP contribution is 2.18. The van der Waals surface area contributed by atoms with Crippen LogP contribution >= 0.6 is 0 Å². The number of rotatable bonds is 5. The minimum atomic E-state index is 0.148. The lowest BCUT2D eigenvalue weighted by molar-refractivity contribution is -0.132. The zero-order chi connectivity index (χ0) is 15.2. The van der Waals surface area contributed by atoms with E-state index in [0.29, 0.717) is 19.1 Å². The summed E-state index contributed by atoms with van der Waals surface area (Å²) in [5, 5.41) is 3.34. The predicted molar refractivity (Wildman–Crippen MR) is 83.4 cm³/mol. The number of nitrogens with one attached hydrogen (secondary N) is 1. The van der Waals surface area contributed by atoms with Gasteiger partial charge in [0.15, 0.2) is 0 Å². The smallest absolute Gasteiger partial charge is 0.236 e. The number of carbonyl (C=O) groups excluding carboxylic acids is 1. The lowest BCUT2D eigenvalue weighted by atomic mass is 10.2. The fourth-order valence-corrected chi connectivity index (χ4v) is 2.59. The van der Waals surface area contributed by atoms with Gasteiger partial charge in [-0.25, -0.2) is 0 Å². The van der Waals surface area contributed by atoms with E-state index in [1.54, 1.807) is 12.0 Å². The van der Waals surface area contributed by atoms with Crippen molar-refractivity contribution in [2.75, 3.05) is 40.3 Å². The number of hydrogen-bond donors (Lipinski definition) is 1. The molecule has 0 spiro atoms. The van der Waals surface area contributed by atoms with Crippen molar-refractivity contribution in [3.63, 3.8) is 0 Å². The molecule has 1 fully saturated rings. The molecule has 0 aromatic heterocycles. The highest BCUT2D eigenvalue weighted by atomic mass is 16.5. The van der Waals surface area contributed by atoms with Gasteiger partial charge in [0.2, 0.25) is 5.91 Å². The second-order valence-corrected chi connectivity index (χ2v) is 5.59. The number of likely N-dealkylation sites (N-methyl/N-ethyl adjacent to an activating group) is 1. The van der Waals surface area contributed by atoms with Crippen molar-refractivity contribution in [3.05, 3.63) is 29.8 Å². The van der Waals surface area contributed by atoms with Crippen LogP contribution in [0, 0.1) is 0 Å². The Kier molecular flexibility index (Phi) is 5.59. The largest absolute Gasteiger partial charge is 0.496 e. The van der Waals surface area contributed by atoms with Crippen LogP contribution in [-0.2, 0) is 11.3 Å². The molecule has 5 heteroatoms. The maximum atomic E-state index is 12.4. The highest BCUT2D eigenvalue weighted by molar-refractivity contribution is 5.78. The number of hydrogen-bond acceptors (Lipinski definition) is 4. The van der Waals surface area contributed by atoms with Gasteiger partial charge in [0.1, 0.15) is 5.75 Å². The Labute approximate surface area is 126 Å². The number of nitrogens with zero attached hydrogens (tertiary/aromatic N) is 2. The van der Waals surface area contributed by atoms with Crippen molar-refractivity contribution >= 4 is 5.91 Å². The SMILES string of the molecule is COc1ccccc1CN(C)C(=O)CN1CCNC[C@H]1C. The van der Waals surface area contributed by atoms with Gasteiger partial charge in [-0.15, -0.1) is 0 Å². The number of methoxy groups -OCH3 is 1. The molecule has 1 N–H and O–H groups in total. The molecule has 21 heavy (non-hydrogen) atoms. The fourth-order valence-electron chi connectivity index (χ4n) is 2.59. The first-order valence-corrected chi connectivity index (χ1v) is 7.42. The Hall–Kier alpha value is -1.59. The zero-order valence-corrected chi connectivity index (χ0v) is 13.1. The molecule has 0 bridgehead atoms. The molecule has 1 aromatic rings. The van der Waals surface area contributed by atoms with Gasteiger partial charge in [-0.3, -0.25) is 9.69 Å². The molecule has 1 saturated heterocycles. The van der Waals surface area contributed by atoms with Crippen molar-refractivity contribution < 1.29 is 9.53 Å². The summed E-state index contributed by atoms with van der Waals surface area (Å²) in [6.45, 7) is 6.03. The molecule has 1 amide bonds. The van der Waals surface area contributed by atoms with Crippen LogP contribution in [0.1, 0.15) is 12.5 Å². The standard InChI is InChI=1S/C16H25N3O2/c1-13-10-17-8-9-19(13)12-16(20)18(2)11-14-6-4-5-7-15(14)21-3/h4-7,13,17H,8-12H2,1-3H3/t13-/m1/s1. The summed E-state index contributed by atoms with van der Waals surface area (Å²) in [7, 11) is 3.50. The molecule has 0 radical (unpaired) electrons. The number of benzene rings is 1. The van der Waals surface area contributed by atoms with Gasteiger partial charge in [0.05, 0.1) is 13.7 Å². The molecule has 2 rings (SSSR count). The van der Waals surface area contributed by atoms with Gasteiger partial charge >= 0.3 is 0 Å². The summed E-state index contributed by atoms with van der Waals surface area (Å²) in [4.78, 5) is 16.4. The number of para-hydroxylation sites is 1. The fraction of sp³-hybridized carbons (Fsp3) is 0.562. The molecule has 1 aromatic carbocycles. The number of carbonyl (C=O) groups is 1. The van der Waals surface area contributed by atoms with Crippen LogP contribution < -0.4 is 10.1 Å². The summed E-state index contributed by atoms with van der Waals surface area (Å²) in [6.07, 6.45) is 0. The van der Waals surface area contributed by atoms with Crippen LogP contribution in [0.5, 0.6) is 5.75 Å². The van der Waals surface area contributed by atoms with E-state index in [4.69, 9.17) is 4.74 Å². The average molecular weight is 291 g/mol. The Morgan fingerprint density at radius 3 is 2.95 bits per heavy atom. The average Bonchev–Trinajstić information content (AvgIpc) is 2.50. The van der Waals surface area contributed by atoms with Crippen LogP contribution in [-0.4, -0.2) is 62.1 Å². The van der Waals surface area contributed by atoms with E-state index < -0.39 is 0 Å². The van der Waals surface area contributed by atoms with Crippen LogP contribution in [0.2, 0.25) is 0 Å². The third-order valence-electron chi connectivity index (χ3n) is 4.00. The number of ether oxygens (including phenoxy) is 1. The summed E-state index contributed by atoms with van der Waals surface area (Å²) in [6, 6.07) is 8.23. The molecule has 1 aliphatic heterocycles. The van der Waals surface area contributed by atoms with Gasteiger partial charge < -0.3 is 15.0 Å². The summed E-state index contributed by atoms with van der Waals surface area (Å²) >= 11 is 0. The van der Waals surface area contributed by atoms with E-state index in [0.717, 1.165) is 30.9 Å². The van der Waals surface area contributed by atoms with Crippen molar-refractivity contribution in [2.24, 2.45) is 0 Å². The van der Waals surface area contributed by atoms with Crippen molar-refractivity contribution in [1.29, 1.82) is 0 Å². The van der Waals surface area contributed by atoms with E-state index in [2.05, 4.69) is 17.1 Å². The van der Waals surface area contributed by atoms with E-state index >= 15 is 0 Å². The molecule has 5 nitrogen and oxygen atoms in total. The first-order valence-electron chi connectivity index (χ1n) is 7.42. The molecular formula is C16H25N3O2. The predicted octanol–water partition coefficient (Wildman–Crippen LogP) is 0.947. The Morgan fingerprint density at radius 1 is 1.48 bits per heavy atom. The number of piperazine rings is 1. The van der Waals surface area contributed by atoms with E-state index in [-0.39, 0.29) is 5.91 Å². The monoisotopic (exact) mass is 291 g/mol. The Balaban J connectivity index is 1.93.